The lowest BCUT2D eigenvalue weighted by Gasteiger charge is -2.21. The van der Waals surface area contributed by atoms with Crippen molar-refractivity contribution in [2.75, 3.05) is 16.6 Å². The molecule has 0 amide bonds. The zero-order valence-corrected chi connectivity index (χ0v) is 11.3. The van der Waals surface area contributed by atoms with Gasteiger partial charge in [-0.3, -0.25) is 4.31 Å². The predicted octanol–water partition coefficient (Wildman–Crippen LogP) is 2.49. The van der Waals surface area contributed by atoms with E-state index in [-0.39, 0.29) is 5.75 Å². The van der Waals surface area contributed by atoms with Crippen LogP contribution in [0.15, 0.2) is 18.2 Å². The van der Waals surface area contributed by atoms with Crippen molar-refractivity contribution in [2.45, 2.75) is 33.1 Å². The van der Waals surface area contributed by atoms with E-state index >= 15 is 0 Å². The average molecular weight is 253 g/mol. The Morgan fingerprint density at radius 1 is 1.35 bits per heavy atom. The number of anilines is 1. The lowest BCUT2D eigenvalue weighted by Crippen LogP contribution is -2.31. The maximum atomic E-state index is 12.2. The molecule has 0 saturated heterocycles. The summed E-state index contributed by atoms with van der Waals surface area (Å²) >= 11 is 0. The fraction of sp³-hybridized carbons (Fsp3) is 0.538. The Morgan fingerprint density at radius 2 is 2.12 bits per heavy atom. The van der Waals surface area contributed by atoms with E-state index in [9.17, 15) is 8.42 Å². The van der Waals surface area contributed by atoms with E-state index in [2.05, 4.69) is 0 Å². The van der Waals surface area contributed by atoms with Crippen LogP contribution in [0.3, 0.4) is 0 Å². The number of sulfonamides is 1. The quantitative estimate of drug-likeness (QED) is 0.826. The van der Waals surface area contributed by atoms with Crippen LogP contribution in [0.5, 0.6) is 0 Å². The van der Waals surface area contributed by atoms with E-state index in [1.54, 1.807) is 4.31 Å². The highest BCUT2D eigenvalue weighted by atomic mass is 32.2. The SMILES string of the molecule is CCCCS(=O)(=O)N1CCc2cccc(C)c21. The number of para-hydroxylation sites is 1. The molecule has 0 aromatic heterocycles. The molecule has 0 spiro atoms. The van der Waals surface area contributed by atoms with E-state index < -0.39 is 10.0 Å². The Kier molecular flexibility index (Phi) is 3.43. The molecule has 0 unspecified atom stereocenters. The van der Waals surface area contributed by atoms with Gasteiger partial charge in [-0.1, -0.05) is 31.5 Å². The van der Waals surface area contributed by atoms with E-state index in [0.717, 1.165) is 36.1 Å². The molecule has 0 N–H and O–H groups in total. The van der Waals surface area contributed by atoms with Gasteiger partial charge in [0.25, 0.3) is 0 Å². The van der Waals surface area contributed by atoms with Crippen LogP contribution in [0.4, 0.5) is 5.69 Å². The van der Waals surface area contributed by atoms with Crippen LogP contribution in [-0.4, -0.2) is 20.7 Å². The van der Waals surface area contributed by atoms with Crippen molar-refractivity contribution in [3.05, 3.63) is 29.3 Å². The molecule has 4 heteroatoms. The molecule has 94 valence electrons. The third-order valence-electron chi connectivity index (χ3n) is 3.25. The van der Waals surface area contributed by atoms with Crippen molar-refractivity contribution < 1.29 is 8.42 Å². The lowest BCUT2D eigenvalue weighted by atomic mass is 10.1. The number of fused-ring (bicyclic) bond motifs is 1. The molecule has 0 radical (unpaired) electrons. The third kappa shape index (κ3) is 2.32. The topological polar surface area (TPSA) is 37.4 Å². The normalized spacial score (nSPS) is 15.1. The maximum absolute atomic E-state index is 12.2. The second kappa shape index (κ2) is 4.69. The molecular weight excluding hydrogens is 234 g/mol. The summed E-state index contributed by atoms with van der Waals surface area (Å²) in [4.78, 5) is 0. The average Bonchev–Trinajstić information content (AvgIpc) is 2.72. The summed E-state index contributed by atoms with van der Waals surface area (Å²) in [6.45, 7) is 4.59. The number of benzene rings is 1. The number of hydrogen-bond acceptors (Lipinski definition) is 2. The highest BCUT2D eigenvalue weighted by Crippen LogP contribution is 2.33. The molecular formula is C13H19NO2S. The molecule has 2 rings (SSSR count). The fourth-order valence-corrected chi connectivity index (χ4v) is 4.11. The van der Waals surface area contributed by atoms with E-state index in [1.807, 2.05) is 32.0 Å². The zero-order valence-electron chi connectivity index (χ0n) is 10.4. The first kappa shape index (κ1) is 12.4. The van der Waals surface area contributed by atoms with Gasteiger partial charge in [-0.2, -0.15) is 0 Å². The zero-order chi connectivity index (χ0) is 12.5. The van der Waals surface area contributed by atoms with E-state index in [4.69, 9.17) is 0 Å². The minimum atomic E-state index is -3.12. The van der Waals surface area contributed by atoms with Crippen molar-refractivity contribution in [3.63, 3.8) is 0 Å². The third-order valence-corrected chi connectivity index (χ3v) is 5.09. The van der Waals surface area contributed by atoms with Gasteiger partial charge in [0.05, 0.1) is 11.4 Å². The minimum Gasteiger partial charge on any atom is -0.269 e. The Bertz CT molecular complexity index is 508. The number of unbranched alkanes of at least 4 members (excludes halogenated alkanes) is 1. The number of rotatable bonds is 4. The predicted molar refractivity (Wildman–Crippen MR) is 70.9 cm³/mol. The monoisotopic (exact) mass is 253 g/mol. The molecule has 0 saturated carbocycles. The Labute approximate surface area is 104 Å². The smallest absolute Gasteiger partial charge is 0.235 e. The van der Waals surface area contributed by atoms with Gasteiger partial charge in [0.1, 0.15) is 0 Å². The van der Waals surface area contributed by atoms with Crippen LogP contribution in [0.2, 0.25) is 0 Å². The summed E-state index contributed by atoms with van der Waals surface area (Å²) in [5, 5.41) is 0. The minimum absolute atomic E-state index is 0.261. The highest BCUT2D eigenvalue weighted by molar-refractivity contribution is 7.92. The summed E-state index contributed by atoms with van der Waals surface area (Å²) < 4.78 is 26.1. The molecule has 1 aromatic rings. The largest absolute Gasteiger partial charge is 0.269 e. The van der Waals surface area contributed by atoms with Crippen LogP contribution < -0.4 is 4.31 Å². The summed E-state index contributed by atoms with van der Waals surface area (Å²) in [5.74, 6) is 0.261. The Hall–Kier alpha value is -1.03. The summed E-state index contributed by atoms with van der Waals surface area (Å²) in [7, 11) is -3.12. The summed E-state index contributed by atoms with van der Waals surface area (Å²) in [5.41, 5.74) is 3.13. The summed E-state index contributed by atoms with van der Waals surface area (Å²) in [6.07, 6.45) is 2.48. The van der Waals surface area contributed by atoms with Gasteiger partial charge in [-0.15, -0.1) is 0 Å². The fourth-order valence-electron chi connectivity index (χ4n) is 2.33. The molecule has 0 fully saturated rings. The van der Waals surface area contributed by atoms with Gasteiger partial charge >= 0.3 is 0 Å². The van der Waals surface area contributed by atoms with Crippen LogP contribution in [0.25, 0.3) is 0 Å². The second-order valence-electron chi connectivity index (χ2n) is 4.57. The van der Waals surface area contributed by atoms with Crippen LogP contribution in [-0.2, 0) is 16.4 Å². The van der Waals surface area contributed by atoms with Gasteiger partial charge < -0.3 is 0 Å². The van der Waals surface area contributed by atoms with Gasteiger partial charge in [0.2, 0.25) is 10.0 Å². The van der Waals surface area contributed by atoms with E-state index in [1.165, 1.54) is 0 Å². The molecule has 3 nitrogen and oxygen atoms in total. The Morgan fingerprint density at radius 3 is 2.82 bits per heavy atom. The van der Waals surface area contributed by atoms with E-state index in [0.29, 0.717) is 6.54 Å². The number of hydrogen-bond donors (Lipinski definition) is 0. The molecule has 0 atom stereocenters. The first-order valence-corrected chi connectivity index (χ1v) is 7.76. The van der Waals surface area contributed by atoms with Crippen molar-refractivity contribution in [1.29, 1.82) is 0 Å². The van der Waals surface area contributed by atoms with Crippen molar-refractivity contribution in [3.8, 4) is 0 Å². The van der Waals surface area contributed by atoms with Gasteiger partial charge in [-0.05, 0) is 30.9 Å². The standard InChI is InChI=1S/C13H19NO2S/c1-3-4-10-17(15,16)14-9-8-12-7-5-6-11(2)13(12)14/h5-7H,3-4,8-10H2,1-2H3. The van der Waals surface area contributed by atoms with Crippen LogP contribution >= 0.6 is 0 Å². The molecule has 1 aliphatic rings. The van der Waals surface area contributed by atoms with Crippen molar-refractivity contribution in [2.24, 2.45) is 0 Å². The van der Waals surface area contributed by atoms with Gasteiger partial charge in [0, 0.05) is 6.54 Å². The maximum Gasteiger partial charge on any atom is 0.235 e. The molecule has 1 aromatic carbocycles. The Balaban J connectivity index is 2.34. The summed E-state index contributed by atoms with van der Waals surface area (Å²) in [6, 6.07) is 6.00. The first-order chi connectivity index (χ1) is 8.06. The van der Waals surface area contributed by atoms with Crippen LogP contribution in [0, 0.1) is 6.92 Å². The first-order valence-electron chi connectivity index (χ1n) is 6.15. The van der Waals surface area contributed by atoms with Crippen molar-refractivity contribution in [1.82, 2.24) is 0 Å². The highest BCUT2D eigenvalue weighted by Gasteiger charge is 2.29. The molecule has 0 aliphatic carbocycles. The van der Waals surface area contributed by atoms with Crippen LogP contribution in [0.1, 0.15) is 30.9 Å². The van der Waals surface area contributed by atoms with Crippen molar-refractivity contribution >= 4 is 15.7 Å². The number of nitrogens with zero attached hydrogens (tertiary/aromatic N) is 1. The molecule has 1 heterocycles. The lowest BCUT2D eigenvalue weighted by molar-refractivity contribution is 0.589. The second-order valence-corrected chi connectivity index (χ2v) is 6.59. The van der Waals surface area contributed by atoms with Gasteiger partial charge in [-0.25, -0.2) is 8.42 Å². The molecule has 0 bridgehead atoms. The number of aryl methyl sites for hydroxylation is 1. The molecule has 17 heavy (non-hydrogen) atoms. The van der Waals surface area contributed by atoms with Gasteiger partial charge in [0.15, 0.2) is 0 Å². The molecule has 1 aliphatic heterocycles.